The second-order valence-corrected chi connectivity index (χ2v) is 6.88. The van der Waals surface area contributed by atoms with E-state index in [0.717, 1.165) is 16.9 Å². The average molecular weight is 429 g/mol. The van der Waals surface area contributed by atoms with E-state index >= 15 is 0 Å². The topological polar surface area (TPSA) is 86.5 Å². The molecule has 0 bridgehead atoms. The van der Waals surface area contributed by atoms with Crippen LogP contribution in [0.1, 0.15) is 12.5 Å². The molecule has 0 unspecified atom stereocenters. The molecule has 0 atom stereocenters. The van der Waals surface area contributed by atoms with Gasteiger partial charge in [0.1, 0.15) is 11.5 Å². The van der Waals surface area contributed by atoms with Crippen molar-refractivity contribution in [1.29, 1.82) is 0 Å². The molecule has 0 saturated heterocycles. The zero-order valence-electron chi connectivity index (χ0n) is 17.7. The lowest BCUT2D eigenvalue weighted by molar-refractivity contribution is -0.123. The highest BCUT2D eigenvalue weighted by Crippen LogP contribution is 2.30. The van der Waals surface area contributed by atoms with E-state index < -0.39 is 0 Å². The van der Waals surface area contributed by atoms with Crippen molar-refractivity contribution in [3.8, 4) is 34.4 Å². The van der Waals surface area contributed by atoms with Gasteiger partial charge in [0.15, 0.2) is 6.61 Å². The number of aromatic nitrogens is 2. The van der Waals surface area contributed by atoms with E-state index in [9.17, 15) is 4.79 Å². The van der Waals surface area contributed by atoms with Gasteiger partial charge in [0.05, 0.1) is 12.2 Å². The first kappa shape index (κ1) is 21.1. The van der Waals surface area contributed by atoms with Crippen LogP contribution in [0.5, 0.6) is 11.5 Å². The van der Waals surface area contributed by atoms with Crippen LogP contribution < -0.4 is 14.8 Å². The SMILES string of the molecule is CCOc1ccccc1CNC(=O)COc1ccccc1-c1nnc(-c2ccccc2)o1. The fourth-order valence-corrected chi connectivity index (χ4v) is 3.13. The Bertz CT molecular complexity index is 1170. The Morgan fingerprint density at radius 1 is 0.844 bits per heavy atom. The van der Waals surface area contributed by atoms with Gasteiger partial charge in [-0.15, -0.1) is 10.2 Å². The van der Waals surface area contributed by atoms with Crippen molar-refractivity contribution in [3.05, 3.63) is 84.4 Å². The summed E-state index contributed by atoms with van der Waals surface area (Å²) >= 11 is 0. The molecule has 3 aromatic carbocycles. The van der Waals surface area contributed by atoms with Crippen molar-refractivity contribution in [1.82, 2.24) is 15.5 Å². The number of nitrogens with one attached hydrogen (secondary N) is 1. The second kappa shape index (κ2) is 10.3. The summed E-state index contributed by atoms with van der Waals surface area (Å²) in [5.41, 5.74) is 2.36. The number of nitrogens with zero attached hydrogens (tertiary/aromatic N) is 2. The molecule has 0 aliphatic carbocycles. The highest BCUT2D eigenvalue weighted by Gasteiger charge is 2.15. The number of hydrogen-bond acceptors (Lipinski definition) is 6. The van der Waals surface area contributed by atoms with Crippen molar-refractivity contribution in [2.75, 3.05) is 13.2 Å². The molecule has 32 heavy (non-hydrogen) atoms. The van der Waals surface area contributed by atoms with E-state index in [1.165, 1.54) is 0 Å². The lowest BCUT2D eigenvalue weighted by Gasteiger charge is -2.12. The lowest BCUT2D eigenvalue weighted by Crippen LogP contribution is -2.28. The van der Waals surface area contributed by atoms with Gasteiger partial charge in [-0.2, -0.15) is 0 Å². The van der Waals surface area contributed by atoms with Crippen LogP contribution >= 0.6 is 0 Å². The predicted molar refractivity (Wildman–Crippen MR) is 120 cm³/mol. The van der Waals surface area contributed by atoms with E-state index in [-0.39, 0.29) is 12.5 Å². The molecule has 0 spiro atoms. The number of carbonyl (C=O) groups is 1. The predicted octanol–water partition coefficient (Wildman–Crippen LogP) is 4.50. The molecule has 0 radical (unpaired) electrons. The number of carbonyl (C=O) groups excluding carboxylic acids is 1. The molecular formula is C25H23N3O4. The fraction of sp³-hybridized carbons (Fsp3) is 0.160. The van der Waals surface area contributed by atoms with Crippen LogP contribution in [0.3, 0.4) is 0 Å². The minimum Gasteiger partial charge on any atom is -0.494 e. The van der Waals surface area contributed by atoms with Gasteiger partial charge < -0.3 is 19.2 Å². The molecule has 0 aliphatic heterocycles. The summed E-state index contributed by atoms with van der Waals surface area (Å²) in [6.07, 6.45) is 0. The van der Waals surface area contributed by atoms with Crippen molar-refractivity contribution < 1.29 is 18.7 Å². The number of amides is 1. The van der Waals surface area contributed by atoms with Crippen molar-refractivity contribution in [2.45, 2.75) is 13.5 Å². The van der Waals surface area contributed by atoms with Crippen LogP contribution in [0.4, 0.5) is 0 Å². The quantitative estimate of drug-likeness (QED) is 0.422. The minimum absolute atomic E-state index is 0.145. The third-order valence-corrected chi connectivity index (χ3v) is 4.67. The summed E-state index contributed by atoms with van der Waals surface area (Å²) in [6, 6.07) is 24.4. The Labute approximate surface area is 186 Å². The van der Waals surface area contributed by atoms with E-state index in [1.807, 2.05) is 79.7 Å². The Kier molecular flexibility index (Phi) is 6.77. The number of ether oxygens (including phenoxy) is 2. The molecule has 7 heteroatoms. The zero-order chi connectivity index (χ0) is 22.2. The van der Waals surface area contributed by atoms with Crippen LogP contribution in [0.2, 0.25) is 0 Å². The molecule has 0 fully saturated rings. The van der Waals surface area contributed by atoms with Crippen LogP contribution in [0.15, 0.2) is 83.3 Å². The second-order valence-electron chi connectivity index (χ2n) is 6.88. The maximum atomic E-state index is 12.4. The molecule has 1 aromatic heterocycles. The monoisotopic (exact) mass is 429 g/mol. The molecule has 1 heterocycles. The van der Waals surface area contributed by atoms with Gasteiger partial charge >= 0.3 is 0 Å². The summed E-state index contributed by atoms with van der Waals surface area (Å²) in [4.78, 5) is 12.4. The zero-order valence-corrected chi connectivity index (χ0v) is 17.7. The summed E-state index contributed by atoms with van der Waals surface area (Å²) < 4.78 is 17.2. The maximum absolute atomic E-state index is 12.4. The summed E-state index contributed by atoms with van der Waals surface area (Å²) in [6.45, 7) is 2.69. The normalized spacial score (nSPS) is 10.5. The highest BCUT2D eigenvalue weighted by molar-refractivity contribution is 5.78. The van der Waals surface area contributed by atoms with E-state index in [0.29, 0.717) is 36.2 Å². The third-order valence-electron chi connectivity index (χ3n) is 4.67. The van der Waals surface area contributed by atoms with Crippen LogP contribution in [0.25, 0.3) is 22.9 Å². The fourth-order valence-electron chi connectivity index (χ4n) is 3.13. The largest absolute Gasteiger partial charge is 0.494 e. The third kappa shape index (κ3) is 5.13. The molecule has 7 nitrogen and oxygen atoms in total. The number of hydrogen-bond donors (Lipinski definition) is 1. The van der Waals surface area contributed by atoms with E-state index in [4.69, 9.17) is 13.9 Å². The van der Waals surface area contributed by atoms with Crippen LogP contribution in [0, 0.1) is 0 Å². The molecule has 0 saturated carbocycles. The molecule has 162 valence electrons. The average Bonchev–Trinajstić information content (AvgIpc) is 3.33. The standard InChI is InChI=1S/C25H23N3O4/c1-2-30-21-14-8-6-12-19(21)16-26-23(29)17-31-22-15-9-7-13-20(22)25-28-27-24(32-25)18-10-4-3-5-11-18/h3-15H,2,16-17H2,1H3,(H,26,29). The first-order chi connectivity index (χ1) is 15.7. The number of rotatable bonds is 9. The number of para-hydroxylation sites is 2. The Morgan fingerprint density at radius 2 is 1.53 bits per heavy atom. The van der Waals surface area contributed by atoms with Crippen molar-refractivity contribution in [3.63, 3.8) is 0 Å². The van der Waals surface area contributed by atoms with Crippen molar-refractivity contribution >= 4 is 5.91 Å². The van der Waals surface area contributed by atoms with E-state index in [1.54, 1.807) is 6.07 Å². The van der Waals surface area contributed by atoms with Gasteiger partial charge in [-0.3, -0.25) is 4.79 Å². The van der Waals surface area contributed by atoms with Gasteiger partial charge in [-0.25, -0.2) is 0 Å². The van der Waals surface area contributed by atoms with Crippen LogP contribution in [-0.2, 0) is 11.3 Å². The highest BCUT2D eigenvalue weighted by atomic mass is 16.5. The molecule has 4 aromatic rings. The molecule has 4 rings (SSSR count). The van der Waals surface area contributed by atoms with Gasteiger partial charge in [0.25, 0.3) is 11.8 Å². The molecule has 0 aliphatic rings. The summed E-state index contributed by atoms with van der Waals surface area (Å²) in [5.74, 6) is 1.74. The molecule has 1 N–H and O–H groups in total. The molecule has 1 amide bonds. The summed E-state index contributed by atoms with van der Waals surface area (Å²) in [7, 11) is 0. The van der Waals surface area contributed by atoms with Crippen molar-refractivity contribution in [2.24, 2.45) is 0 Å². The summed E-state index contributed by atoms with van der Waals surface area (Å²) in [5, 5.41) is 11.1. The Hall–Kier alpha value is -4.13. The minimum atomic E-state index is -0.249. The van der Waals surface area contributed by atoms with Gasteiger partial charge in [-0.1, -0.05) is 48.5 Å². The Balaban J connectivity index is 1.40. The first-order valence-electron chi connectivity index (χ1n) is 10.3. The van der Waals surface area contributed by atoms with Gasteiger partial charge in [0.2, 0.25) is 5.89 Å². The Morgan fingerprint density at radius 3 is 2.34 bits per heavy atom. The van der Waals surface area contributed by atoms with Gasteiger partial charge in [-0.05, 0) is 37.3 Å². The molecular weight excluding hydrogens is 406 g/mol. The van der Waals surface area contributed by atoms with E-state index in [2.05, 4.69) is 15.5 Å². The number of benzene rings is 3. The first-order valence-corrected chi connectivity index (χ1v) is 10.3. The maximum Gasteiger partial charge on any atom is 0.258 e. The smallest absolute Gasteiger partial charge is 0.258 e. The van der Waals surface area contributed by atoms with Gasteiger partial charge in [0, 0.05) is 17.7 Å². The lowest BCUT2D eigenvalue weighted by atomic mass is 10.2. The van der Waals surface area contributed by atoms with Crippen LogP contribution in [-0.4, -0.2) is 29.3 Å².